The van der Waals surface area contributed by atoms with Gasteiger partial charge in [0.15, 0.2) is 0 Å². The lowest BCUT2D eigenvalue weighted by Gasteiger charge is -2.40. The van der Waals surface area contributed by atoms with E-state index < -0.39 is 0 Å². The van der Waals surface area contributed by atoms with E-state index in [2.05, 4.69) is 175 Å². The summed E-state index contributed by atoms with van der Waals surface area (Å²) in [5, 5.41) is 0. The predicted octanol–water partition coefficient (Wildman–Crippen LogP) is 10.4. The number of benzene rings is 5. The first-order valence-corrected chi connectivity index (χ1v) is 18.4. The minimum absolute atomic E-state index is 0.0429. The fourth-order valence-corrected chi connectivity index (χ4v) is 8.34. The number of ether oxygens (including phenoxy) is 2. The zero-order valence-corrected chi connectivity index (χ0v) is 30.6. The highest BCUT2D eigenvalue weighted by Crippen LogP contribution is 2.49. The van der Waals surface area contributed by atoms with E-state index >= 15 is 0 Å². The Hall–Kier alpha value is -4.90. The van der Waals surface area contributed by atoms with Crippen molar-refractivity contribution in [3.05, 3.63) is 137 Å². The number of hydrogen-bond donors (Lipinski definition) is 0. The molecule has 0 radical (unpaired) electrons. The van der Waals surface area contributed by atoms with Crippen LogP contribution in [0, 0.1) is 0 Å². The fraction of sp³-hybridized carbons (Fsp3) is 0.289. The molecule has 50 heavy (non-hydrogen) atoms. The third-order valence-electron chi connectivity index (χ3n) is 10.7. The molecule has 5 heteroatoms. The van der Waals surface area contributed by atoms with Crippen LogP contribution in [0.3, 0.4) is 0 Å². The van der Waals surface area contributed by atoms with Gasteiger partial charge in [0.1, 0.15) is 29.2 Å². The largest absolute Gasteiger partial charge is 0.458 e. The van der Waals surface area contributed by atoms with Gasteiger partial charge in [0.25, 0.3) is 6.71 Å². The van der Waals surface area contributed by atoms with Gasteiger partial charge in [-0.1, -0.05) is 128 Å². The molecule has 8 rings (SSSR count). The monoisotopic (exact) mass is 658 g/mol. The molecule has 252 valence electrons. The molecule has 0 fully saturated rings. The minimum atomic E-state index is -0.175. The second-order valence-electron chi connectivity index (χ2n) is 15.3. The molecule has 0 aliphatic carbocycles. The molecule has 0 unspecified atom stereocenters. The molecule has 0 bridgehead atoms. The molecule has 3 heterocycles. The molecule has 0 aromatic heterocycles. The minimum Gasteiger partial charge on any atom is -0.458 e. The van der Waals surface area contributed by atoms with E-state index in [1.54, 1.807) is 0 Å². The standard InChI is InChI=1S/C45H47BN2O2/c1-27(2)32-15-13-16-33(28(3)4)43(32)47-23-24-48(44-34(29(5)6)17-14-18-35(44)30(7)8)45(47)31-25-40-42-41(26-31)50-39-22-12-10-20-37(39)46(42)36-19-9-11-21-38(36)49-40/h9-30,45H,1-8H3. The molecule has 0 amide bonds. The Morgan fingerprint density at radius 2 is 0.860 bits per heavy atom. The maximum atomic E-state index is 6.83. The number of hydrogen-bond acceptors (Lipinski definition) is 4. The first-order valence-electron chi connectivity index (χ1n) is 18.4. The molecule has 0 spiro atoms. The molecule has 0 saturated carbocycles. The normalized spacial score (nSPS) is 14.8. The Balaban J connectivity index is 1.39. The Labute approximate surface area is 298 Å². The van der Waals surface area contributed by atoms with Crippen LogP contribution in [0.4, 0.5) is 11.4 Å². The number of rotatable bonds is 7. The van der Waals surface area contributed by atoms with Gasteiger partial charge in [-0.15, -0.1) is 0 Å². The van der Waals surface area contributed by atoms with Crippen molar-refractivity contribution in [1.82, 2.24) is 0 Å². The van der Waals surface area contributed by atoms with Crippen molar-refractivity contribution in [2.75, 3.05) is 9.80 Å². The highest BCUT2D eigenvalue weighted by molar-refractivity contribution is 6.98. The predicted molar refractivity (Wildman–Crippen MR) is 210 cm³/mol. The lowest BCUT2D eigenvalue weighted by molar-refractivity contribution is 0.462. The summed E-state index contributed by atoms with van der Waals surface area (Å²) < 4.78 is 13.7. The molecule has 0 N–H and O–H groups in total. The van der Waals surface area contributed by atoms with Crippen LogP contribution in [0.5, 0.6) is 23.0 Å². The van der Waals surface area contributed by atoms with E-state index in [1.807, 2.05) is 0 Å². The summed E-state index contributed by atoms with van der Waals surface area (Å²) in [5.74, 6) is 4.95. The van der Waals surface area contributed by atoms with E-state index in [0.717, 1.165) is 34.0 Å². The van der Waals surface area contributed by atoms with Gasteiger partial charge in [0.05, 0.1) is 0 Å². The van der Waals surface area contributed by atoms with E-state index in [0.29, 0.717) is 23.7 Å². The van der Waals surface area contributed by atoms with Crippen molar-refractivity contribution in [3.8, 4) is 23.0 Å². The molecule has 3 aliphatic rings. The van der Waals surface area contributed by atoms with Gasteiger partial charge in [-0.05, 0) is 81.1 Å². The summed E-state index contributed by atoms with van der Waals surface area (Å²) >= 11 is 0. The van der Waals surface area contributed by atoms with Gasteiger partial charge in [-0.25, -0.2) is 0 Å². The summed E-state index contributed by atoms with van der Waals surface area (Å²) in [5.41, 5.74) is 12.6. The van der Waals surface area contributed by atoms with E-state index in [1.165, 1.54) is 44.6 Å². The Kier molecular flexibility index (Phi) is 8.05. The summed E-state index contributed by atoms with van der Waals surface area (Å²) in [6, 6.07) is 35.2. The first kappa shape index (κ1) is 32.3. The average Bonchev–Trinajstić information content (AvgIpc) is 3.55. The molecule has 0 saturated heterocycles. The van der Waals surface area contributed by atoms with Crippen LogP contribution in [0.25, 0.3) is 0 Å². The Morgan fingerprint density at radius 1 is 0.480 bits per heavy atom. The van der Waals surface area contributed by atoms with Crippen molar-refractivity contribution in [3.63, 3.8) is 0 Å². The third kappa shape index (κ3) is 5.13. The van der Waals surface area contributed by atoms with Crippen LogP contribution >= 0.6 is 0 Å². The summed E-state index contributed by atoms with van der Waals surface area (Å²) in [4.78, 5) is 5.04. The van der Waals surface area contributed by atoms with Gasteiger partial charge < -0.3 is 19.3 Å². The quantitative estimate of drug-likeness (QED) is 0.159. The van der Waals surface area contributed by atoms with Crippen LogP contribution in [-0.2, 0) is 0 Å². The molecule has 5 aromatic rings. The summed E-state index contributed by atoms with van der Waals surface area (Å²) in [6.45, 7) is 18.5. The number of anilines is 2. The van der Waals surface area contributed by atoms with Gasteiger partial charge >= 0.3 is 0 Å². The highest BCUT2D eigenvalue weighted by Gasteiger charge is 2.42. The smallest absolute Gasteiger partial charge is 0.260 e. The highest BCUT2D eigenvalue weighted by atomic mass is 16.5. The lowest BCUT2D eigenvalue weighted by Crippen LogP contribution is -2.57. The second-order valence-corrected chi connectivity index (χ2v) is 15.3. The Morgan fingerprint density at radius 3 is 1.24 bits per heavy atom. The van der Waals surface area contributed by atoms with E-state index in [4.69, 9.17) is 9.47 Å². The Bertz CT molecular complexity index is 1930. The van der Waals surface area contributed by atoms with Gasteiger partial charge in [-0.2, -0.15) is 0 Å². The fourth-order valence-electron chi connectivity index (χ4n) is 8.34. The summed E-state index contributed by atoms with van der Waals surface area (Å²) in [7, 11) is 0. The zero-order valence-electron chi connectivity index (χ0n) is 30.6. The maximum absolute atomic E-state index is 6.83. The number of fused-ring (bicyclic) bond motifs is 4. The molecule has 0 atom stereocenters. The molecule has 5 aromatic carbocycles. The summed E-state index contributed by atoms with van der Waals surface area (Å²) in [6.07, 6.45) is 4.43. The van der Waals surface area contributed by atoms with E-state index in [9.17, 15) is 0 Å². The van der Waals surface area contributed by atoms with Crippen molar-refractivity contribution < 1.29 is 9.47 Å². The van der Waals surface area contributed by atoms with Crippen molar-refractivity contribution in [2.24, 2.45) is 0 Å². The zero-order chi connectivity index (χ0) is 34.8. The molecular weight excluding hydrogens is 611 g/mol. The lowest BCUT2D eigenvalue weighted by atomic mass is 9.35. The van der Waals surface area contributed by atoms with Crippen LogP contribution in [0.1, 0.15) is 113 Å². The van der Waals surface area contributed by atoms with Gasteiger partial charge in [0.2, 0.25) is 0 Å². The van der Waals surface area contributed by atoms with Gasteiger partial charge in [0, 0.05) is 34.8 Å². The number of nitrogens with zero attached hydrogens (tertiary/aromatic N) is 2. The first-order chi connectivity index (χ1) is 24.1. The second kappa shape index (κ2) is 12.5. The third-order valence-corrected chi connectivity index (χ3v) is 10.7. The SMILES string of the molecule is CC(C)c1cccc(C(C)C)c1N1C=CN(c2c(C(C)C)cccc2C(C)C)C1c1cc2c3c(c1)Oc1ccccc1B3c1ccccc1O2. The van der Waals surface area contributed by atoms with Crippen molar-refractivity contribution in [1.29, 1.82) is 0 Å². The van der Waals surface area contributed by atoms with Crippen LogP contribution in [0.2, 0.25) is 0 Å². The average molecular weight is 659 g/mol. The van der Waals surface area contributed by atoms with Gasteiger partial charge in [-0.3, -0.25) is 0 Å². The molecule has 3 aliphatic heterocycles. The van der Waals surface area contributed by atoms with Crippen LogP contribution in [0.15, 0.2) is 109 Å². The molecule has 4 nitrogen and oxygen atoms in total. The van der Waals surface area contributed by atoms with E-state index in [-0.39, 0.29) is 12.9 Å². The van der Waals surface area contributed by atoms with Crippen LogP contribution in [-0.4, -0.2) is 6.71 Å². The maximum Gasteiger partial charge on any atom is 0.260 e. The number of para-hydroxylation sites is 4. The topological polar surface area (TPSA) is 24.9 Å². The van der Waals surface area contributed by atoms with Crippen molar-refractivity contribution in [2.45, 2.75) is 85.2 Å². The van der Waals surface area contributed by atoms with Crippen molar-refractivity contribution >= 4 is 34.5 Å². The molecular formula is C45H47BN2O2. The van der Waals surface area contributed by atoms with Crippen LogP contribution < -0.4 is 35.7 Å².